The highest BCUT2D eigenvalue weighted by Crippen LogP contribution is 2.31. The molecule has 1 aromatic carbocycles. The average Bonchev–Trinajstić information content (AvgIpc) is 2.37. The van der Waals surface area contributed by atoms with E-state index in [1.807, 2.05) is 20.8 Å². The molecule has 2 N–H and O–H groups in total. The van der Waals surface area contributed by atoms with Gasteiger partial charge in [-0.05, 0) is 12.1 Å². The van der Waals surface area contributed by atoms with E-state index in [1.165, 1.54) is 6.07 Å². The fraction of sp³-hybridized carbons (Fsp3) is 0.333. The summed E-state index contributed by atoms with van der Waals surface area (Å²) in [4.78, 5) is 8.55. The fourth-order valence-corrected chi connectivity index (χ4v) is 1.82. The van der Waals surface area contributed by atoms with Gasteiger partial charge in [0.1, 0.15) is 11.6 Å². The molecule has 0 spiro atoms. The highest BCUT2D eigenvalue weighted by molar-refractivity contribution is 5.65. The first-order valence-electron chi connectivity index (χ1n) is 6.46. The van der Waals surface area contributed by atoms with Gasteiger partial charge in [-0.15, -0.1) is 0 Å². The van der Waals surface area contributed by atoms with Crippen LogP contribution in [0.4, 0.5) is 14.6 Å². The van der Waals surface area contributed by atoms with Gasteiger partial charge in [0, 0.05) is 11.5 Å². The van der Waals surface area contributed by atoms with E-state index >= 15 is 0 Å². The summed E-state index contributed by atoms with van der Waals surface area (Å²) in [6, 6.07) is 8.07. The number of para-hydroxylation sites is 1. The van der Waals surface area contributed by atoms with Crippen molar-refractivity contribution in [2.24, 2.45) is 0 Å². The van der Waals surface area contributed by atoms with E-state index in [4.69, 9.17) is 5.73 Å². The maximum Gasteiger partial charge on any atom is 0.387 e. The van der Waals surface area contributed by atoms with Crippen LogP contribution in [0.15, 0.2) is 30.3 Å². The first-order valence-corrected chi connectivity index (χ1v) is 6.46. The Balaban J connectivity index is 2.54. The summed E-state index contributed by atoms with van der Waals surface area (Å²) in [5.74, 6) is 0.589. The highest BCUT2D eigenvalue weighted by Gasteiger charge is 2.20. The molecule has 0 bridgehead atoms. The van der Waals surface area contributed by atoms with Crippen LogP contribution in [0, 0.1) is 0 Å². The van der Waals surface area contributed by atoms with Crippen molar-refractivity contribution in [1.82, 2.24) is 9.97 Å². The quantitative estimate of drug-likeness (QED) is 0.938. The van der Waals surface area contributed by atoms with Crippen LogP contribution in [0.5, 0.6) is 5.75 Å². The number of ether oxygens (including phenoxy) is 1. The number of nitrogens with two attached hydrogens (primary N) is 1. The van der Waals surface area contributed by atoms with Crippen molar-refractivity contribution in [3.05, 3.63) is 36.0 Å². The molecule has 0 aliphatic rings. The molecule has 0 aliphatic heterocycles. The van der Waals surface area contributed by atoms with Gasteiger partial charge >= 0.3 is 6.61 Å². The molecule has 0 atom stereocenters. The summed E-state index contributed by atoms with van der Waals surface area (Å²) < 4.78 is 29.5. The van der Waals surface area contributed by atoms with E-state index in [9.17, 15) is 8.78 Å². The molecule has 0 aliphatic carbocycles. The van der Waals surface area contributed by atoms with Crippen LogP contribution in [0.1, 0.15) is 26.5 Å². The second-order valence-electron chi connectivity index (χ2n) is 5.63. The summed E-state index contributed by atoms with van der Waals surface area (Å²) in [7, 11) is 0. The molecular formula is C15H17F2N3O. The molecular weight excluding hydrogens is 276 g/mol. The number of anilines is 1. The van der Waals surface area contributed by atoms with Gasteiger partial charge in [0.15, 0.2) is 5.82 Å². The van der Waals surface area contributed by atoms with Crippen LogP contribution in [-0.2, 0) is 5.41 Å². The number of nitrogens with zero attached hydrogens (tertiary/aromatic N) is 2. The number of aromatic nitrogens is 2. The number of halogens is 2. The number of benzene rings is 1. The Bertz CT molecular complexity index is 639. The van der Waals surface area contributed by atoms with Crippen molar-refractivity contribution in [2.75, 3.05) is 5.73 Å². The minimum absolute atomic E-state index is 0.0259. The van der Waals surface area contributed by atoms with Crippen molar-refractivity contribution in [3.63, 3.8) is 0 Å². The zero-order chi connectivity index (χ0) is 15.6. The number of alkyl halides is 2. The molecule has 0 saturated carbocycles. The molecule has 4 nitrogen and oxygen atoms in total. The zero-order valence-electron chi connectivity index (χ0n) is 12.1. The SMILES string of the molecule is CC(C)(C)c1cc(N)nc(-c2ccccc2OC(F)F)n1. The number of rotatable bonds is 3. The van der Waals surface area contributed by atoms with Gasteiger partial charge in [-0.25, -0.2) is 9.97 Å². The maximum absolute atomic E-state index is 12.5. The first-order chi connectivity index (χ1) is 9.77. The molecule has 2 aromatic rings. The number of hydrogen-bond acceptors (Lipinski definition) is 4. The lowest BCUT2D eigenvalue weighted by molar-refractivity contribution is -0.0494. The molecule has 1 heterocycles. The second-order valence-corrected chi connectivity index (χ2v) is 5.63. The predicted molar refractivity (Wildman–Crippen MR) is 77.2 cm³/mol. The van der Waals surface area contributed by atoms with Crippen LogP contribution in [0.25, 0.3) is 11.4 Å². The van der Waals surface area contributed by atoms with E-state index in [1.54, 1.807) is 24.3 Å². The minimum Gasteiger partial charge on any atom is -0.434 e. The van der Waals surface area contributed by atoms with Gasteiger partial charge in [0.25, 0.3) is 0 Å². The fourth-order valence-electron chi connectivity index (χ4n) is 1.82. The Labute approximate surface area is 122 Å². The van der Waals surface area contributed by atoms with Gasteiger partial charge in [0.05, 0.1) is 11.3 Å². The monoisotopic (exact) mass is 293 g/mol. The van der Waals surface area contributed by atoms with Crippen molar-refractivity contribution >= 4 is 5.82 Å². The van der Waals surface area contributed by atoms with Crippen molar-refractivity contribution in [2.45, 2.75) is 32.8 Å². The summed E-state index contributed by atoms with van der Waals surface area (Å²) in [6.07, 6.45) is 0. The lowest BCUT2D eigenvalue weighted by Crippen LogP contribution is -2.15. The van der Waals surface area contributed by atoms with Crippen molar-refractivity contribution in [3.8, 4) is 17.1 Å². The first kappa shape index (κ1) is 15.2. The van der Waals surface area contributed by atoms with Gasteiger partial charge in [-0.2, -0.15) is 8.78 Å². The zero-order valence-corrected chi connectivity index (χ0v) is 12.1. The number of nitrogen functional groups attached to an aromatic ring is 1. The summed E-state index contributed by atoms with van der Waals surface area (Å²) in [5, 5.41) is 0. The van der Waals surface area contributed by atoms with E-state index in [2.05, 4.69) is 14.7 Å². The van der Waals surface area contributed by atoms with E-state index in [-0.39, 0.29) is 22.8 Å². The van der Waals surface area contributed by atoms with Gasteiger partial charge in [0.2, 0.25) is 0 Å². The van der Waals surface area contributed by atoms with E-state index in [0.717, 1.165) is 5.69 Å². The van der Waals surface area contributed by atoms with Crippen LogP contribution in [0.3, 0.4) is 0 Å². The Kier molecular flexibility index (Phi) is 4.06. The Morgan fingerprint density at radius 2 is 1.81 bits per heavy atom. The minimum atomic E-state index is -2.91. The molecule has 1 aromatic heterocycles. The largest absolute Gasteiger partial charge is 0.434 e. The van der Waals surface area contributed by atoms with Crippen LogP contribution in [0.2, 0.25) is 0 Å². The van der Waals surface area contributed by atoms with Gasteiger partial charge in [-0.3, -0.25) is 0 Å². The van der Waals surface area contributed by atoms with Crippen LogP contribution >= 0.6 is 0 Å². The normalized spacial score (nSPS) is 11.7. The summed E-state index contributed by atoms with van der Waals surface area (Å²) >= 11 is 0. The Morgan fingerprint density at radius 3 is 2.43 bits per heavy atom. The molecule has 21 heavy (non-hydrogen) atoms. The Hall–Kier alpha value is -2.24. The van der Waals surface area contributed by atoms with Crippen molar-refractivity contribution in [1.29, 1.82) is 0 Å². The predicted octanol–water partition coefficient (Wildman–Crippen LogP) is 3.62. The maximum atomic E-state index is 12.5. The molecule has 2 rings (SSSR count). The molecule has 6 heteroatoms. The average molecular weight is 293 g/mol. The van der Waals surface area contributed by atoms with Crippen molar-refractivity contribution < 1.29 is 13.5 Å². The topological polar surface area (TPSA) is 61.0 Å². The lowest BCUT2D eigenvalue weighted by atomic mass is 9.92. The van der Waals surface area contributed by atoms with Crippen LogP contribution < -0.4 is 10.5 Å². The van der Waals surface area contributed by atoms with Crippen LogP contribution in [-0.4, -0.2) is 16.6 Å². The Morgan fingerprint density at radius 1 is 1.14 bits per heavy atom. The van der Waals surface area contributed by atoms with Gasteiger partial charge in [-0.1, -0.05) is 32.9 Å². The molecule has 0 amide bonds. The number of hydrogen-bond donors (Lipinski definition) is 1. The third-order valence-electron chi connectivity index (χ3n) is 2.86. The van der Waals surface area contributed by atoms with Gasteiger partial charge < -0.3 is 10.5 Å². The molecule has 0 unspecified atom stereocenters. The molecule has 0 fully saturated rings. The lowest BCUT2D eigenvalue weighted by Gasteiger charge is -2.19. The molecule has 112 valence electrons. The third-order valence-corrected chi connectivity index (χ3v) is 2.86. The second kappa shape index (κ2) is 5.63. The van der Waals surface area contributed by atoms with E-state index in [0.29, 0.717) is 5.56 Å². The third kappa shape index (κ3) is 3.65. The molecule has 0 radical (unpaired) electrons. The summed E-state index contributed by atoms with van der Waals surface area (Å²) in [6.45, 7) is 3.05. The molecule has 0 saturated heterocycles. The summed E-state index contributed by atoms with van der Waals surface area (Å²) in [5.41, 5.74) is 6.69. The standard InChI is InChI=1S/C15H17F2N3O/c1-15(2,3)11-8-12(18)20-13(19-11)9-6-4-5-7-10(9)21-14(16)17/h4-8,14H,1-3H3,(H2,18,19,20). The smallest absolute Gasteiger partial charge is 0.387 e. The van der Waals surface area contributed by atoms with E-state index < -0.39 is 6.61 Å². The highest BCUT2D eigenvalue weighted by atomic mass is 19.3.